The quantitative estimate of drug-likeness (QED) is 0.380. The van der Waals surface area contributed by atoms with Crippen LogP contribution in [-0.4, -0.2) is 49.8 Å². The smallest absolute Gasteiger partial charge is 0.306 e. The minimum atomic E-state index is -1.66. The summed E-state index contributed by atoms with van der Waals surface area (Å²) in [5.74, 6) is -0.781. The zero-order valence-electron chi connectivity index (χ0n) is 19.3. The molecule has 0 saturated carbocycles. The Bertz CT molecular complexity index is 1330. The van der Waals surface area contributed by atoms with Gasteiger partial charge in [0.15, 0.2) is 0 Å². The highest BCUT2D eigenvalue weighted by molar-refractivity contribution is 7.15. The number of pyridine rings is 1. The molecule has 0 saturated heterocycles. The first kappa shape index (κ1) is 23.5. The monoisotopic (exact) mass is 499 g/mol. The van der Waals surface area contributed by atoms with Gasteiger partial charge in [-0.25, -0.2) is 13.8 Å². The van der Waals surface area contributed by atoms with E-state index >= 15 is 0 Å². The molecule has 182 valence electrons. The van der Waals surface area contributed by atoms with Gasteiger partial charge in [-0.05, 0) is 24.0 Å². The highest BCUT2D eigenvalue weighted by atomic mass is 32.1. The van der Waals surface area contributed by atoms with Gasteiger partial charge in [0.1, 0.15) is 34.5 Å². The molecule has 4 aromatic rings. The average Bonchev–Trinajstić information content (AvgIpc) is 3.52. The lowest BCUT2D eigenvalue weighted by atomic mass is 9.85. The Hall–Kier alpha value is -3.28. The zero-order chi connectivity index (χ0) is 24.6. The summed E-state index contributed by atoms with van der Waals surface area (Å²) >= 11 is 1.56. The molecule has 0 radical (unpaired) electrons. The second-order valence-corrected chi connectivity index (χ2v) is 9.64. The number of hydrogen-bond acceptors (Lipinski definition) is 7. The molecule has 3 aromatic heterocycles. The molecule has 0 fully saturated rings. The zero-order valence-corrected chi connectivity index (χ0v) is 20.1. The van der Waals surface area contributed by atoms with Crippen molar-refractivity contribution >= 4 is 11.3 Å². The number of fused-ring (bicyclic) bond motifs is 1. The minimum absolute atomic E-state index is 0.0148. The standard InChI is InChI=1S/C24H24F2N6O2S/c1-15(24(33,12-32-14-28-13-29-32)18-4-3-16(25)9-19(18)26)31-8-6-20-22(11-31)35-23(30-20)17-10-27-7-5-21(17)34-2/h3-5,7,9-10,13-15,33H,6,8,11-12H2,1-2H3/p+1/t15-,24-/m1/s1. The van der Waals surface area contributed by atoms with Gasteiger partial charge in [-0.3, -0.25) is 9.88 Å². The first-order valence-corrected chi connectivity index (χ1v) is 12.0. The molecule has 0 bridgehead atoms. The van der Waals surface area contributed by atoms with E-state index in [1.807, 2.05) is 6.92 Å². The van der Waals surface area contributed by atoms with Crippen LogP contribution in [0, 0.1) is 11.6 Å². The van der Waals surface area contributed by atoms with Crippen LogP contribution >= 0.6 is 11.3 Å². The van der Waals surface area contributed by atoms with E-state index < -0.39 is 23.3 Å². The number of thiazole rings is 1. The molecule has 5 rings (SSSR count). The molecule has 4 heterocycles. The number of halogens is 2. The van der Waals surface area contributed by atoms with Gasteiger partial charge in [-0.1, -0.05) is 6.07 Å². The summed E-state index contributed by atoms with van der Waals surface area (Å²) in [6.45, 7) is 3.04. The third-order valence-electron chi connectivity index (χ3n) is 6.54. The molecule has 35 heavy (non-hydrogen) atoms. The summed E-state index contributed by atoms with van der Waals surface area (Å²) in [6, 6.07) is 4.57. The van der Waals surface area contributed by atoms with Crippen molar-refractivity contribution in [1.29, 1.82) is 0 Å². The number of nitrogens with one attached hydrogen (secondary N) is 1. The normalized spacial score (nSPS) is 16.5. The van der Waals surface area contributed by atoms with Crippen LogP contribution in [0.15, 0.2) is 49.3 Å². The van der Waals surface area contributed by atoms with E-state index in [9.17, 15) is 13.9 Å². The lowest BCUT2D eigenvalue weighted by Crippen LogP contribution is -2.58. The maximum absolute atomic E-state index is 14.9. The fourth-order valence-electron chi connectivity index (χ4n) is 4.57. The minimum Gasteiger partial charge on any atom is -0.496 e. The highest BCUT2D eigenvalue weighted by Crippen LogP contribution is 2.38. The molecule has 2 atom stereocenters. The Kier molecular flexibility index (Phi) is 6.30. The van der Waals surface area contributed by atoms with Crippen molar-refractivity contribution < 1.29 is 23.3 Å². The van der Waals surface area contributed by atoms with Crippen LogP contribution in [0.4, 0.5) is 8.78 Å². The lowest BCUT2D eigenvalue weighted by Gasteiger charge is -2.41. The second kappa shape index (κ2) is 9.40. The van der Waals surface area contributed by atoms with Crippen LogP contribution in [0.1, 0.15) is 23.1 Å². The Labute approximate surface area is 204 Å². The Morgan fingerprint density at radius 2 is 2.17 bits per heavy atom. The van der Waals surface area contributed by atoms with Gasteiger partial charge in [0.25, 0.3) is 0 Å². The molecule has 1 aliphatic heterocycles. The van der Waals surface area contributed by atoms with E-state index in [2.05, 4.69) is 20.0 Å². The number of methoxy groups -OCH3 is 1. The summed E-state index contributed by atoms with van der Waals surface area (Å²) in [5, 5.41) is 15.7. The number of ether oxygens (including phenoxy) is 1. The van der Waals surface area contributed by atoms with Crippen molar-refractivity contribution in [2.45, 2.75) is 38.1 Å². The molecule has 11 heteroatoms. The molecule has 2 N–H and O–H groups in total. The summed E-state index contributed by atoms with van der Waals surface area (Å²) in [7, 11) is 1.61. The van der Waals surface area contributed by atoms with Crippen molar-refractivity contribution in [3.8, 4) is 16.3 Å². The topological polar surface area (TPSA) is 91.0 Å². The molecular weight excluding hydrogens is 474 g/mol. The number of benzene rings is 1. The number of aliphatic hydroxyl groups is 1. The largest absolute Gasteiger partial charge is 0.496 e. The van der Waals surface area contributed by atoms with Gasteiger partial charge in [-0.15, -0.1) is 11.3 Å². The van der Waals surface area contributed by atoms with E-state index in [1.165, 1.54) is 24.8 Å². The van der Waals surface area contributed by atoms with Crippen LogP contribution in [0.2, 0.25) is 0 Å². The van der Waals surface area contributed by atoms with Crippen molar-refractivity contribution in [3.63, 3.8) is 0 Å². The Balaban J connectivity index is 1.46. The summed E-state index contributed by atoms with van der Waals surface area (Å²) < 4.78 is 35.6. The van der Waals surface area contributed by atoms with Crippen LogP contribution in [0.25, 0.3) is 10.6 Å². The number of aromatic nitrogens is 5. The number of hydrogen-bond donors (Lipinski definition) is 2. The third kappa shape index (κ3) is 4.42. The predicted octanol–water partition coefficient (Wildman–Crippen LogP) is 2.84. The van der Waals surface area contributed by atoms with Gasteiger partial charge < -0.3 is 9.84 Å². The second-order valence-electron chi connectivity index (χ2n) is 8.56. The summed E-state index contributed by atoms with van der Waals surface area (Å²) in [5.41, 5.74) is 0.199. The first-order chi connectivity index (χ1) is 16.9. The molecule has 1 aliphatic rings. The van der Waals surface area contributed by atoms with Crippen LogP contribution < -0.4 is 9.42 Å². The molecule has 1 aromatic carbocycles. The van der Waals surface area contributed by atoms with E-state index in [0.717, 1.165) is 27.2 Å². The Morgan fingerprint density at radius 3 is 2.91 bits per heavy atom. The maximum Gasteiger partial charge on any atom is 0.306 e. The SMILES string of the molecule is COc1ccncc1-c1nc2c(s1)CN([C@H](C)[C@](O)(C[n+]1cnc[nH]1)c1ccc(F)cc1F)CC2. The van der Waals surface area contributed by atoms with Gasteiger partial charge in [0, 0.05) is 54.5 Å². The van der Waals surface area contributed by atoms with Crippen molar-refractivity contribution in [3.05, 3.63) is 77.1 Å². The van der Waals surface area contributed by atoms with Gasteiger partial charge >= 0.3 is 6.33 Å². The van der Waals surface area contributed by atoms with Crippen molar-refractivity contribution in [2.75, 3.05) is 13.7 Å². The average molecular weight is 500 g/mol. The van der Waals surface area contributed by atoms with Gasteiger partial charge in [0.05, 0.1) is 18.4 Å². The lowest BCUT2D eigenvalue weighted by molar-refractivity contribution is -0.765. The van der Waals surface area contributed by atoms with E-state index in [1.54, 1.807) is 41.6 Å². The number of rotatable bonds is 7. The van der Waals surface area contributed by atoms with Crippen LogP contribution in [0.3, 0.4) is 0 Å². The Morgan fingerprint density at radius 1 is 1.31 bits per heavy atom. The molecule has 0 unspecified atom stereocenters. The fourth-order valence-corrected chi connectivity index (χ4v) is 5.72. The van der Waals surface area contributed by atoms with E-state index in [0.29, 0.717) is 25.3 Å². The fraction of sp³-hybridized carbons (Fsp3) is 0.333. The molecular formula is C24H25F2N6O2S+. The van der Waals surface area contributed by atoms with E-state index in [-0.39, 0.29) is 12.1 Å². The number of H-pyrrole nitrogens is 1. The molecule has 0 amide bonds. The van der Waals surface area contributed by atoms with Crippen molar-refractivity contribution in [1.82, 2.24) is 25.0 Å². The summed E-state index contributed by atoms with van der Waals surface area (Å²) in [4.78, 5) is 16.2. The molecule has 0 spiro atoms. The van der Waals surface area contributed by atoms with Gasteiger partial charge in [0.2, 0.25) is 6.33 Å². The molecule has 8 nitrogen and oxygen atoms in total. The predicted molar refractivity (Wildman–Crippen MR) is 125 cm³/mol. The van der Waals surface area contributed by atoms with Gasteiger partial charge in [-0.2, -0.15) is 9.78 Å². The van der Waals surface area contributed by atoms with Crippen LogP contribution in [0.5, 0.6) is 5.75 Å². The third-order valence-corrected chi connectivity index (χ3v) is 7.66. The van der Waals surface area contributed by atoms with Crippen LogP contribution in [-0.2, 0) is 25.1 Å². The number of aromatic amines is 1. The van der Waals surface area contributed by atoms with Crippen molar-refractivity contribution in [2.24, 2.45) is 0 Å². The summed E-state index contributed by atoms with van der Waals surface area (Å²) in [6.07, 6.45) is 7.08. The first-order valence-electron chi connectivity index (χ1n) is 11.2. The number of nitrogens with zero attached hydrogens (tertiary/aromatic N) is 5. The highest BCUT2D eigenvalue weighted by Gasteiger charge is 2.44. The van der Waals surface area contributed by atoms with E-state index in [4.69, 9.17) is 9.72 Å². The molecule has 0 aliphatic carbocycles. The maximum atomic E-state index is 14.9.